The summed E-state index contributed by atoms with van der Waals surface area (Å²) in [5.41, 5.74) is 1.77. The molecule has 0 unspecified atom stereocenters. The van der Waals surface area contributed by atoms with Gasteiger partial charge in [-0.05, 0) is 17.7 Å². The third kappa shape index (κ3) is 5.20. The summed E-state index contributed by atoms with van der Waals surface area (Å²) in [6.07, 6.45) is 0. The second-order valence-electron chi connectivity index (χ2n) is 4.68. The van der Waals surface area contributed by atoms with E-state index in [4.69, 9.17) is 9.47 Å². The topological polar surface area (TPSA) is 59.6 Å². The van der Waals surface area contributed by atoms with Crippen LogP contribution in [0.2, 0.25) is 0 Å². The fourth-order valence-corrected chi connectivity index (χ4v) is 1.93. The molecule has 2 N–H and O–H groups in total. The largest absolute Gasteiger partial charge is 0.465 e. The number of amides is 1. The van der Waals surface area contributed by atoms with Crippen molar-refractivity contribution in [3.8, 4) is 5.75 Å². The van der Waals surface area contributed by atoms with Crippen LogP contribution in [0.3, 0.4) is 0 Å². The van der Waals surface area contributed by atoms with Crippen molar-refractivity contribution in [3.05, 3.63) is 60.2 Å². The minimum atomic E-state index is -0.121. The number of methoxy groups -OCH3 is 1. The first kappa shape index (κ1) is 16.0. The molecule has 2 rings (SSSR count). The van der Waals surface area contributed by atoms with Crippen LogP contribution in [0.15, 0.2) is 54.6 Å². The molecule has 0 heterocycles. The van der Waals surface area contributed by atoms with Crippen LogP contribution >= 0.6 is 0 Å². The lowest BCUT2D eigenvalue weighted by atomic mass is 10.2. The van der Waals surface area contributed by atoms with Crippen LogP contribution in [-0.2, 0) is 16.1 Å². The average Bonchev–Trinajstić information content (AvgIpc) is 2.55. The van der Waals surface area contributed by atoms with Crippen LogP contribution in [0.4, 0.5) is 5.69 Å². The first-order chi connectivity index (χ1) is 10.8. The van der Waals surface area contributed by atoms with E-state index in [1.165, 1.54) is 0 Å². The highest BCUT2D eigenvalue weighted by molar-refractivity contribution is 5.93. The molecule has 0 saturated carbocycles. The first-order valence-electron chi connectivity index (χ1n) is 7.05. The Hall–Kier alpha value is -2.37. The normalized spacial score (nSPS) is 10.2. The highest BCUT2D eigenvalue weighted by atomic mass is 16.7. The van der Waals surface area contributed by atoms with Gasteiger partial charge in [0.1, 0.15) is 5.75 Å². The first-order valence-corrected chi connectivity index (χ1v) is 7.05. The Morgan fingerprint density at radius 1 is 1.05 bits per heavy atom. The van der Waals surface area contributed by atoms with E-state index in [1.54, 1.807) is 19.2 Å². The van der Waals surface area contributed by atoms with Gasteiger partial charge in [0.15, 0.2) is 6.79 Å². The molecule has 2 aromatic rings. The molecule has 0 aliphatic heterocycles. The lowest BCUT2D eigenvalue weighted by Crippen LogP contribution is -2.27. The number of rotatable bonds is 8. The molecule has 2 aromatic carbocycles. The fraction of sp³-hybridized carbons (Fsp3) is 0.235. The maximum Gasteiger partial charge on any atom is 0.238 e. The van der Waals surface area contributed by atoms with Crippen LogP contribution in [0.25, 0.3) is 0 Å². The molecule has 22 heavy (non-hydrogen) atoms. The molecule has 0 aliphatic rings. The van der Waals surface area contributed by atoms with Gasteiger partial charge < -0.3 is 20.1 Å². The smallest absolute Gasteiger partial charge is 0.238 e. The summed E-state index contributed by atoms with van der Waals surface area (Å²) in [6.45, 7) is 1.02. The van der Waals surface area contributed by atoms with Gasteiger partial charge in [0.25, 0.3) is 0 Å². The molecule has 5 nitrogen and oxygen atoms in total. The van der Waals surface area contributed by atoms with E-state index in [-0.39, 0.29) is 19.2 Å². The van der Waals surface area contributed by atoms with Crippen LogP contribution in [0.1, 0.15) is 5.56 Å². The lowest BCUT2D eigenvalue weighted by molar-refractivity contribution is -0.115. The van der Waals surface area contributed by atoms with Crippen molar-refractivity contribution >= 4 is 11.6 Å². The van der Waals surface area contributed by atoms with Gasteiger partial charge in [-0.2, -0.15) is 0 Å². The molecule has 0 fully saturated rings. The molecule has 0 spiro atoms. The summed E-state index contributed by atoms with van der Waals surface area (Å²) < 4.78 is 10.3. The molecule has 0 atom stereocenters. The second-order valence-corrected chi connectivity index (χ2v) is 4.68. The standard InChI is InChI=1S/C17H20N2O3/c1-21-13-22-16-10-6-5-9-15(16)19-17(20)12-18-11-14-7-3-2-4-8-14/h2-10,18H,11-13H2,1H3,(H,19,20). The molecular weight excluding hydrogens is 280 g/mol. The Balaban J connectivity index is 1.81. The van der Waals surface area contributed by atoms with Gasteiger partial charge in [-0.15, -0.1) is 0 Å². The average molecular weight is 300 g/mol. The van der Waals surface area contributed by atoms with E-state index in [9.17, 15) is 4.79 Å². The SMILES string of the molecule is COCOc1ccccc1NC(=O)CNCc1ccccc1. The summed E-state index contributed by atoms with van der Waals surface area (Å²) in [5, 5.41) is 5.93. The zero-order valence-electron chi connectivity index (χ0n) is 12.5. The van der Waals surface area contributed by atoms with Crippen LogP contribution < -0.4 is 15.4 Å². The van der Waals surface area contributed by atoms with Crippen molar-refractivity contribution in [1.82, 2.24) is 5.32 Å². The third-order valence-electron chi connectivity index (χ3n) is 2.95. The Morgan fingerprint density at radius 3 is 2.55 bits per heavy atom. The van der Waals surface area contributed by atoms with E-state index < -0.39 is 0 Å². The summed E-state index contributed by atoms with van der Waals surface area (Å²) in [7, 11) is 1.55. The van der Waals surface area contributed by atoms with Gasteiger partial charge in [0, 0.05) is 13.7 Å². The Labute approximate surface area is 130 Å². The van der Waals surface area contributed by atoms with Gasteiger partial charge in [-0.3, -0.25) is 4.79 Å². The maximum atomic E-state index is 12.0. The van der Waals surface area contributed by atoms with Crippen molar-refractivity contribution in [2.24, 2.45) is 0 Å². The van der Waals surface area contributed by atoms with Gasteiger partial charge in [0.05, 0.1) is 12.2 Å². The fourth-order valence-electron chi connectivity index (χ4n) is 1.93. The monoisotopic (exact) mass is 300 g/mol. The van der Waals surface area contributed by atoms with Crippen molar-refractivity contribution in [2.45, 2.75) is 6.54 Å². The summed E-state index contributed by atoms with van der Waals surface area (Å²) >= 11 is 0. The predicted molar refractivity (Wildman–Crippen MR) is 85.7 cm³/mol. The summed E-state index contributed by atoms with van der Waals surface area (Å²) in [6, 6.07) is 17.2. The van der Waals surface area contributed by atoms with Crippen molar-refractivity contribution in [1.29, 1.82) is 0 Å². The van der Waals surface area contributed by atoms with Crippen molar-refractivity contribution in [2.75, 3.05) is 25.8 Å². The highest BCUT2D eigenvalue weighted by Crippen LogP contribution is 2.23. The van der Waals surface area contributed by atoms with Gasteiger partial charge in [0.2, 0.25) is 5.91 Å². The number of hydrogen-bond donors (Lipinski definition) is 2. The quantitative estimate of drug-likeness (QED) is 0.735. The molecule has 5 heteroatoms. The molecule has 0 bridgehead atoms. The van der Waals surface area contributed by atoms with Gasteiger partial charge in [-0.25, -0.2) is 0 Å². The lowest BCUT2D eigenvalue weighted by Gasteiger charge is -2.12. The number of carbonyl (C=O) groups is 1. The minimum Gasteiger partial charge on any atom is -0.465 e. The molecular formula is C17H20N2O3. The number of benzene rings is 2. The Bertz CT molecular complexity index is 587. The zero-order chi connectivity index (χ0) is 15.6. The Morgan fingerprint density at radius 2 is 1.77 bits per heavy atom. The number of nitrogens with one attached hydrogen (secondary N) is 2. The van der Waals surface area contributed by atoms with Gasteiger partial charge >= 0.3 is 0 Å². The molecule has 116 valence electrons. The molecule has 0 aliphatic carbocycles. The number of hydrogen-bond acceptors (Lipinski definition) is 4. The number of anilines is 1. The van der Waals surface area contributed by atoms with Crippen molar-refractivity contribution in [3.63, 3.8) is 0 Å². The van der Waals surface area contributed by atoms with E-state index >= 15 is 0 Å². The summed E-state index contributed by atoms with van der Waals surface area (Å²) in [4.78, 5) is 12.0. The van der Waals surface area contributed by atoms with Crippen molar-refractivity contribution < 1.29 is 14.3 Å². The minimum absolute atomic E-state index is 0.121. The number of carbonyl (C=O) groups excluding carboxylic acids is 1. The second kappa shape index (κ2) is 8.81. The number of para-hydroxylation sites is 2. The van der Waals surface area contributed by atoms with E-state index in [0.29, 0.717) is 18.0 Å². The number of ether oxygens (including phenoxy) is 2. The summed E-state index contributed by atoms with van der Waals surface area (Å²) in [5.74, 6) is 0.463. The van der Waals surface area contributed by atoms with E-state index in [0.717, 1.165) is 5.56 Å². The van der Waals surface area contributed by atoms with Gasteiger partial charge in [-0.1, -0.05) is 42.5 Å². The zero-order valence-corrected chi connectivity index (χ0v) is 12.5. The third-order valence-corrected chi connectivity index (χ3v) is 2.95. The van der Waals surface area contributed by atoms with E-state index in [1.807, 2.05) is 42.5 Å². The van der Waals surface area contributed by atoms with E-state index in [2.05, 4.69) is 10.6 Å². The van der Waals surface area contributed by atoms with Crippen LogP contribution in [-0.4, -0.2) is 26.4 Å². The van der Waals surface area contributed by atoms with Crippen LogP contribution in [0, 0.1) is 0 Å². The predicted octanol–water partition coefficient (Wildman–Crippen LogP) is 2.40. The molecule has 0 saturated heterocycles. The Kier molecular flexibility index (Phi) is 6.41. The van der Waals surface area contributed by atoms with Crippen LogP contribution in [0.5, 0.6) is 5.75 Å². The maximum absolute atomic E-state index is 12.0. The molecule has 0 aromatic heterocycles. The molecule has 1 amide bonds. The highest BCUT2D eigenvalue weighted by Gasteiger charge is 2.07. The molecule has 0 radical (unpaired) electrons.